The molecule has 1 aromatic carbocycles. The fraction of sp³-hybridized carbons (Fsp3) is 0.562. The number of ether oxygens (including phenoxy) is 1. The molecular weight excluding hydrogens is 224 g/mol. The second-order valence-corrected chi connectivity index (χ2v) is 4.89. The lowest BCUT2D eigenvalue weighted by atomic mass is 9.95. The second-order valence-electron chi connectivity index (χ2n) is 4.89. The van der Waals surface area contributed by atoms with Crippen LogP contribution >= 0.6 is 0 Å². The largest absolute Gasteiger partial charge is 0.382 e. The van der Waals surface area contributed by atoms with Crippen molar-refractivity contribution in [3.8, 4) is 0 Å². The summed E-state index contributed by atoms with van der Waals surface area (Å²) in [5, 5.41) is 0. The van der Waals surface area contributed by atoms with Crippen LogP contribution in [0.25, 0.3) is 0 Å². The van der Waals surface area contributed by atoms with Crippen LogP contribution in [0.4, 0.5) is 0 Å². The molecule has 0 heterocycles. The molecule has 0 spiro atoms. The van der Waals surface area contributed by atoms with Gasteiger partial charge in [0.25, 0.3) is 0 Å². The van der Waals surface area contributed by atoms with E-state index in [9.17, 15) is 4.79 Å². The highest BCUT2D eigenvalue weighted by Gasteiger charge is 2.09. The van der Waals surface area contributed by atoms with Crippen molar-refractivity contribution in [1.82, 2.24) is 0 Å². The summed E-state index contributed by atoms with van der Waals surface area (Å²) in [6.07, 6.45) is 2.01. The summed E-state index contributed by atoms with van der Waals surface area (Å²) in [4.78, 5) is 11.9. The van der Waals surface area contributed by atoms with Crippen LogP contribution in [0.15, 0.2) is 12.1 Å². The minimum absolute atomic E-state index is 0.310. The maximum Gasteiger partial charge on any atom is 0.137 e. The molecular formula is C16H24O2. The third-order valence-electron chi connectivity index (χ3n) is 3.16. The number of hydrogen-bond acceptors (Lipinski definition) is 2. The first-order valence-electron chi connectivity index (χ1n) is 6.70. The number of carbonyl (C=O) groups excluding carboxylic acids is 1. The molecule has 1 aromatic rings. The number of ketones is 1. The van der Waals surface area contributed by atoms with Crippen LogP contribution in [0.3, 0.4) is 0 Å². The van der Waals surface area contributed by atoms with Crippen molar-refractivity contribution in [3.63, 3.8) is 0 Å². The van der Waals surface area contributed by atoms with Gasteiger partial charge in [-0.15, -0.1) is 0 Å². The van der Waals surface area contributed by atoms with Gasteiger partial charge in [-0.25, -0.2) is 0 Å². The maximum absolute atomic E-state index is 11.9. The van der Waals surface area contributed by atoms with Gasteiger partial charge in [0.05, 0.1) is 0 Å². The van der Waals surface area contributed by atoms with Gasteiger partial charge >= 0.3 is 0 Å². The maximum atomic E-state index is 11.9. The number of Topliss-reactive ketones (excluding diaryl/α,β-unsaturated/α-hetero) is 1. The SMILES string of the molecule is CCOCCCC(=O)Cc1c(C)cc(C)cc1C. The molecule has 0 N–H and O–H groups in total. The first kappa shape index (κ1) is 14.9. The van der Waals surface area contributed by atoms with Gasteiger partial charge in [0.2, 0.25) is 0 Å². The van der Waals surface area contributed by atoms with Crippen LogP contribution in [0, 0.1) is 20.8 Å². The summed E-state index contributed by atoms with van der Waals surface area (Å²) in [6, 6.07) is 4.30. The van der Waals surface area contributed by atoms with Crippen molar-refractivity contribution in [2.45, 2.75) is 47.0 Å². The molecule has 18 heavy (non-hydrogen) atoms. The molecule has 0 amide bonds. The summed E-state index contributed by atoms with van der Waals surface area (Å²) < 4.78 is 5.25. The third kappa shape index (κ3) is 4.61. The lowest BCUT2D eigenvalue weighted by Gasteiger charge is -2.10. The van der Waals surface area contributed by atoms with E-state index >= 15 is 0 Å². The van der Waals surface area contributed by atoms with E-state index in [2.05, 4.69) is 32.9 Å². The lowest BCUT2D eigenvalue weighted by Crippen LogP contribution is -2.07. The van der Waals surface area contributed by atoms with Crippen LogP contribution in [-0.2, 0) is 16.0 Å². The molecule has 0 radical (unpaired) electrons. The van der Waals surface area contributed by atoms with Crippen LogP contribution in [-0.4, -0.2) is 19.0 Å². The van der Waals surface area contributed by atoms with Crippen molar-refractivity contribution in [2.75, 3.05) is 13.2 Å². The van der Waals surface area contributed by atoms with Crippen molar-refractivity contribution in [3.05, 3.63) is 34.4 Å². The van der Waals surface area contributed by atoms with Crippen LogP contribution in [0.2, 0.25) is 0 Å². The van der Waals surface area contributed by atoms with Gasteiger partial charge in [-0.05, 0) is 50.8 Å². The zero-order valence-corrected chi connectivity index (χ0v) is 12.0. The standard InChI is InChI=1S/C16H24O2/c1-5-18-8-6-7-15(17)11-16-13(3)9-12(2)10-14(16)4/h9-10H,5-8,11H2,1-4H3. The molecule has 0 aromatic heterocycles. The highest BCUT2D eigenvalue weighted by Crippen LogP contribution is 2.17. The lowest BCUT2D eigenvalue weighted by molar-refractivity contribution is -0.118. The van der Waals surface area contributed by atoms with E-state index in [0.717, 1.165) is 13.0 Å². The van der Waals surface area contributed by atoms with Crippen molar-refractivity contribution in [1.29, 1.82) is 0 Å². The highest BCUT2D eigenvalue weighted by molar-refractivity contribution is 5.81. The minimum Gasteiger partial charge on any atom is -0.382 e. The Hall–Kier alpha value is -1.15. The van der Waals surface area contributed by atoms with E-state index in [1.807, 2.05) is 6.92 Å². The number of hydrogen-bond donors (Lipinski definition) is 0. The van der Waals surface area contributed by atoms with E-state index in [1.54, 1.807) is 0 Å². The minimum atomic E-state index is 0.310. The number of carbonyl (C=O) groups is 1. The monoisotopic (exact) mass is 248 g/mol. The van der Waals surface area contributed by atoms with Gasteiger partial charge in [-0.1, -0.05) is 17.7 Å². The predicted octanol–water partition coefficient (Wildman–Crippen LogP) is 3.54. The van der Waals surface area contributed by atoms with Crippen molar-refractivity contribution in [2.24, 2.45) is 0 Å². The summed E-state index contributed by atoms with van der Waals surface area (Å²) in [5.74, 6) is 0.310. The van der Waals surface area contributed by atoms with Gasteiger partial charge < -0.3 is 4.74 Å². The van der Waals surface area contributed by atoms with Gasteiger partial charge in [0, 0.05) is 26.1 Å². The Morgan fingerprint density at radius 1 is 1.17 bits per heavy atom. The topological polar surface area (TPSA) is 26.3 Å². The Morgan fingerprint density at radius 2 is 1.78 bits per heavy atom. The molecule has 2 nitrogen and oxygen atoms in total. The molecule has 0 aliphatic rings. The zero-order valence-electron chi connectivity index (χ0n) is 12.0. The number of benzene rings is 1. The Labute approximate surface area is 110 Å². The van der Waals surface area contributed by atoms with E-state index in [0.29, 0.717) is 25.2 Å². The fourth-order valence-electron chi connectivity index (χ4n) is 2.29. The Balaban J connectivity index is 2.54. The average molecular weight is 248 g/mol. The Morgan fingerprint density at radius 3 is 2.33 bits per heavy atom. The van der Waals surface area contributed by atoms with E-state index in [4.69, 9.17) is 4.74 Å². The smallest absolute Gasteiger partial charge is 0.137 e. The molecule has 100 valence electrons. The van der Waals surface area contributed by atoms with Crippen molar-refractivity contribution < 1.29 is 9.53 Å². The first-order valence-corrected chi connectivity index (χ1v) is 6.70. The summed E-state index contributed by atoms with van der Waals surface area (Å²) >= 11 is 0. The predicted molar refractivity (Wildman–Crippen MR) is 75.1 cm³/mol. The molecule has 0 saturated carbocycles. The summed E-state index contributed by atoms with van der Waals surface area (Å²) in [5.41, 5.74) is 4.91. The van der Waals surface area contributed by atoms with E-state index in [-0.39, 0.29) is 0 Å². The van der Waals surface area contributed by atoms with E-state index in [1.165, 1.54) is 22.3 Å². The Bertz CT molecular complexity index is 385. The van der Waals surface area contributed by atoms with Crippen LogP contribution in [0.1, 0.15) is 42.0 Å². The zero-order chi connectivity index (χ0) is 13.5. The molecule has 0 bridgehead atoms. The molecule has 0 atom stereocenters. The molecule has 0 aliphatic carbocycles. The molecule has 0 saturated heterocycles. The first-order chi connectivity index (χ1) is 8.54. The molecule has 2 heteroatoms. The summed E-state index contributed by atoms with van der Waals surface area (Å²) in [7, 11) is 0. The van der Waals surface area contributed by atoms with Gasteiger partial charge in [0.15, 0.2) is 0 Å². The van der Waals surface area contributed by atoms with Gasteiger partial charge in [0.1, 0.15) is 5.78 Å². The number of aryl methyl sites for hydroxylation is 3. The second kappa shape index (κ2) is 7.32. The van der Waals surface area contributed by atoms with E-state index < -0.39 is 0 Å². The molecule has 0 aliphatic heterocycles. The van der Waals surface area contributed by atoms with Gasteiger partial charge in [-0.3, -0.25) is 4.79 Å². The quantitative estimate of drug-likeness (QED) is 0.690. The number of rotatable bonds is 7. The van der Waals surface area contributed by atoms with Gasteiger partial charge in [-0.2, -0.15) is 0 Å². The van der Waals surface area contributed by atoms with Crippen LogP contribution < -0.4 is 0 Å². The average Bonchev–Trinajstić information content (AvgIpc) is 2.29. The third-order valence-corrected chi connectivity index (χ3v) is 3.16. The molecule has 1 rings (SSSR count). The normalized spacial score (nSPS) is 10.7. The highest BCUT2D eigenvalue weighted by atomic mass is 16.5. The Kier molecular flexibility index (Phi) is 6.06. The fourth-order valence-corrected chi connectivity index (χ4v) is 2.29. The van der Waals surface area contributed by atoms with Crippen molar-refractivity contribution >= 4 is 5.78 Å². The summed E-state index contributed by atoms with van der Waals surface area (Å²) in [6.45, 7) is 9.65. The molecule has 0 fully saturated rings. The molecule has 0 unspecified atom stereocenters. The van der Waals surface area contributed by atoms with Crippen LogP contribution in [0.5, 0.6) is 0 Å².